The van der Waals surface area contributed by atoms with Gasteiger partial charge in [-0.1, -0.05) is 77.8 Å². The number of carbonyl (C=O) groups excluding carboxylic acids is 2. The molecular formula is C26H24Cl2N2O3. The Morgan fingerprint density at radius 1 is 0.970 bits per heavy atom. The van der Waals surface area contributed by atoms with Gasteiger partial charge in [0.05, 0.1) is 18.6 Å². The zero-order chi connectivity index (χ0) is 23.4. The smallest absolute Gasteiger partial charge is 0.254 e. The van der Waals surface area contributed by atoms with Crippen molar-refractivity contribution in [2.75, 3.05) is 19.7 Å². The molecule has 1 aliphatic heterocycles. The summed E-state index contributed by atoms with van der Waals surface area (Å²) in [7, 11) is 0. The second-order valence-corrected chi connectivity index (χ2v) is 8.77. The van der Waals surface area contributed by atoms with Crippen LogP contribution < -0.4 is 5.32 Å². The predicted octanol–water partition coefficient (Wildman–Crippen LogP) is 4.63. The summed E-state index contributed by atoms with van der Waals surface area (Å²) in [6.07, 6.45) is 0.687. The van der Waals surface area contributed by atoms with Gasteiger partial charge in [-0.2, -0.15) is 0 Å². The zero-order valence-corrected chi connectivity index (χ0v) is 19.4. The van der Waals surface area contributed by atoms with Crippen molar-refractivity contribution in [1.82, 2.24) is 10.2 Å². The van der Waals surface area contributed by atoms with E-state index in [1.54, 1.807) is 30.3 Å². The number of nitrogens with one attached hydrogen (secondary N) is 1. The number of hydrogen-bond donors (Lipinski definition) is 2. The highest BCUT2D eigenvalue weighted by Crippen LogP contribution is 2.45. The molecule has 0 fully saturated rings. The minimum Gasteiger partial charge on any atom is -0.395 e. The third-order valence-electron chi connectivity index (χ3n) is 5.90. The van der Waals surface area contributed by atoms with E-state index >= 15 is 0 Å². The van der Waals surface area contributed by atoms with Crippen molar-refractivity contribution in [2.45, 2.75) is 18.4 Å². The first-order chi connectivity index (χ1) is 16.0. The van der Waals surface area contributed by atoms with Gasteiger partial charge < -0.3 is 15.3 Å². The molecule has 33 heavy (non-hydrogen) atoms. The van der Waals surface area contributed by atoms with Gasteiger partial charge in [-0.3, -0.25) is 9.59 Å². The molecule has 3 aromatic rings. The van der Waals surface area contributed by atoms with Crippen molar-refractivity contribution in [3.63, 3.8) is 0 Å². The number of aliphatic hydroxyl groups is 1. The van der Waals surface area contributed by atoms with Crippen molar-refractivity contribution < 1.29 is 14.7 Å². The van der Waals surface area contributed by atoms with Crippen LogP contribution in [0.25, 0.3) is 0 Å². The van der Waals surface area contributed by atoms with Gasteiger partial charge in [-0.25, -0.2) is 0 Å². The van der Waals surface area contributed by atoms with E-state index in [-0.39, 0.29) is 25.0 Å². The summed E-state index contributed by atoms with van der Waals surface area (Å²) >= 11 is 12.6. The number of rotatable bonds is 7. The van der Waals surface area contributed by atoms with Crippen molar-refractivity contribution >= 4 is 35.0 Å². The largest absolute Gasteiger partial charge is 0.395 e. The lowest BCUT2D eigenvalue weighted by Gasteiger charge is -2.42. The van der Waals surface area contributed by atoms with Gasteiger partial charge in [-0.15, -0.1) is 0 Å². The first kappa shape index (κ1) is 23.3. The molecule has 0 saturated carbocycles. The van der Waals surface area contributed by atoms with Crippen LogP contribution in [0.1, 0.15) is 39.0 Å². The Bertz CT molecular complexity index is 1150. The quantitative estimate of drug-likeness (QED) is 0.515. The highest BCUT2D eigenvalue weighted by Gasteiger charge is 2.44. The van der Waals surface area contributed by atoms with Crippen LogP contribution in [0.5, 0.6) is 0 Å². The van der Waals surface area contributed by atoms with Crippen molar-refractivity contribution in [3.05, 3.63) is 105 Å². The summed E-state index contributed by atoms with van der Waals surface area (Å²) in [5, 5.41) is 13.6. The van der Waals surface area contributed by atoms with Crippen LogP contribution in [0.4, 0.5) is 0 Å². The first-order valence-corrected chi connectivity index (χ1v) is 11.5. The lowest BCUT2D eigenvalue weighted by molar-refractivity contribution is -0.124. The Kier molecular flexibility index (Phi) is 7.33. The summed E-state index contributed by atoms with van der Waals surface area (Å²) < 4.78 is 0. The summed E-state index contributed by atoms with van der Waals surface area (Å²) in [6.45, 7) is 0.291. The Balaban J connectivity index is 1.72. The zero-order valence-electron chi connectivity index (χ0n) is 17.9. The molecule has 2 amide bonds. The van der Waals surface area contributed by atoms with Crippen LogP contribution >= 0.6 is 23.2 Å². The first-order valence-electron chi connectivity index (χ1n) is 10.8. The van der Waals surface area contributed by atoms with Crippen LogP contribution in [0.15, 0.2) is 72.8 Å². The molecule has 170 valence electrons. The standard InChI is InChI=1S/C26H24Cl2N2O3/c27-18-10-11-21(22(28)16-18)24-23(25(32)29-13-12-17-6-2-1-3-7-17)19-8-4-5-9-20(19)26(33)30(24)14-15-31/h1-11,16,23-24,31H,12-15H2,(H,29,32)/t23-,24+/m1/s1. The number of carbonyl (C=O) groups is 2. The van der Waals surface area contributed by atoms with E-state index in [1.807, 2.05) is 42.5 Å². The van der Waals surface area contributed by atoms with Gasteiger partial charge >= 0.3 is 0 Å². The fourth-order valence-corrected chi connectivity index (χ4v) is 4.92. The monoisotopic (exact) mass is 482 g/mol. The third-order valence-corrected chi connectivity index (χ3v) is 6.46. The number of β-amino-alcohol motifs (C(OH)–C–C–N with tert-alkyl or cyclic N) is 1. The minimum atomic E-state index is -0.695. The Labute approximate surface area is 202 Å². The molecule has 1 heterocycles. The topological polar surface area (TPSA) is 69.6 Å². The summed E-state index contributed by atoms with van der Waals surface area (Å²) in [6, 6.07) is 21.4. The number of aliphatic hydroxyl groups excluding tert-OH is 1. The van der Waals surface area contributed by atoms with Gasteiger partial charge in [-0.05, 0) is 41.3 Å². The van der Waals surface area contributed by atoms with E-state index < -0.39 is 12.0 Å². The second kappa shape index (κ2) is 10.4. The maximum absolute atomic E-state index is 13.6. The average Bonchev–Trinajstić information content (AvgIpc) is 2.82. The van der Waals surface area contributed by atoms with Crippen molar-refractivity contribution in [3.8, 4) is 0 Å². The molecule has 0 bridgehead atoms. The molecule has 2 atom stereocenters. The molecule has 0 saturated heterocycles. The van der Waals surface area contributed by atoms with Crippen LogP contribution in [-0.4, -0.2) is 41.5 Å². The lowest BCUT2D eigenvalue weighted by Crippen LogP contribution is -2.48. The van der Waals surface area contributed by atoms with E-state index in [0.29, 0.717) is 39.7 Å². The fraction of sp³-hybridized carbons (Fsp3) is 0.231. The number of amides is 2. The van der Waals surface area contributed by atoms with E-state index in [2.05, 4.69) is 5.32 Å². The normalized spacial score (nSPS) is 17.5. The molecule has 7 heteroatoms. The minimum absolute atomic E-state index is 0.0740. The molecule has 0 aliphatic carbocycles. The molecule has 1 aliphatic rings. The van der Waals surface area contributed by atoms with E-state index in [1.165, 1.54) is 4.90 Å². The maximum atomic E-state index is 13.6. The number of benzene rings is 3. The highest BCUT2D eigenvalue weighted by molar-refractivity contribution is 6.35. The molecule has 0 unspecified atom stereocenters. The van der Waals surface area contributed by atoms with Gasteiger partial charge in [0.2, 0.25) is 5.91 Å². The number of nitrogens with zero attached hydrogens (tertiary/aromatic N) is 1. The summed E-state index contributed by atoms with van der Waals surface area (Å²) in [5.41, 5.74) is 2.83. The van der Waals surface area contributed by atoms with Gasteiger partial charge in [0.25, 0.3) is 5.91 Å². The molecule has 4 rings (SSSR count). The molecule has 0 spiro atoms. The third kappa shape index (κ3) is 4.91. The number of halogens is 2. The van der Waals surface area contributed by atoms with Crippen LogP contribution in [-0.2, 0) is 11.2 Å². The fourth-order valence-electron chi connectivity index (χ4n) is 4.40. The van der Waals surface area contributed by atoms with E-state index in [4.69, 9.17) is 23.2 Å². The molecular weight excluding hydrogens is 459 g/mol. The molecule has 0 aromatic heterocycles. The summed E-state index contributed by atoms with van der Waals surface area (Å²) in [4.78, 5) is 28.5. The maximum Gasteiger partial charge on any atom is 0.254 e. The van der Waals surface area contributed by atoms with Gasteiger partial charge in [0.1, 0.15) is 0 Å². The Hall–Kier alpha value is -2.86. The SMILES string of the molecule is O=C(NCCc1ccccc1)[C@@H]1c2ccccc2C(=O)N(CCO)[C@H]1c1ccc(Cl)cc1Cl. The average molecular weight is 483 g/mol. The molecule has 2 N–H and O–H groups in total. The molecule has 5 nitrogen and oxygen atoms in total. The van der Waals surface area contributed by atoms with E-state index in [0.717, 1.165) is 5.56 Å². The summed E-state index contributed by atoms with van der Waals surface area (Å²) in [5.74, 6) is -1.14. The van der Waals surface area contributed by atoms with Gasteiger partial charge in [0.15, 0.2) is 0 Å². The van der Waals surface area contributed by atoms with Crippen molar-refractivity contribution in [2.24, 2.45) is 0 Å². The van der Waals surface area contributed by atoms with Crippen LogP contribution in [0.2, 0.25) is 10.0 Å². The molecule has 3 aromatic carbocycles. The van der Waals surface area contributed by atoms with Crippen molar-refractivity contribution in [1.29, 1.82) is 0 Å². The van der Waals surface area contributed by atoms with E-state index in [9.17, 15) is 14.7 Å². The lowest BCUT2D eigenvalue weighted by atomic mass is 9.79. The Morgan fingerprint density at radius 3 is 2.42 bits per heavy atom. The second-order valence-electron chi connectivity index (χ2n) is 7.92. The van der Waals surface area contributed by atoms with Crippen LogP contribution in [0.3, 0.4) is 0 Å². The highest BCUT2D eigenvalue weighted by atomic mass is 35.5. The van der Waals surface area contributed by atoms with Gasteiger partial charge in [0, 0.05) is 28.7 Å². The molecule has 0 radical (unpaired) electrons. The van der Waals surface area contributed by atoms with Crippen LogP contribution in [0, 0.1) is 0 Å². The Morgan fingerprint density at radius 2 is 1.70 bits per heavy atom. The number of hydrogen-bond acceptors (Lipinski definition) is 3. The predicted molar refractivity (Wildman–Crippen MR) is 130 cm³/mol. The number of fused-ring (bicyclic) bond motifs is 1.